The van der Waals surface area contributed by atoms with Crippen LogP contribution < -0.4 is 10.6 Å². The van der Waals surface area contributed by atoms with Gasteiger partial charge in [0.1, 0.15) is 0 Å². The van der Waals surface area contributed by atoms with Gasteiger partial charge in [0, 0.05) is 12.1 Å². The minimum atomic E-state index is 0.607. The first kappa shape index (κ1) is 20.2. The second-order valence-corrected chi connectivity index (χ2v) is 6.80. The van der Waals surface area contributed by atoms with Crippen LogP contribution in [0.1, 0.15) is 71.3 Å². The van der Waals surface area contributed by atoms with Crippen molar-refractivity contribution in [2.24, 2.45) is 0 Å². The average molecular weight is 319 g/mol. The second kappa shape index (κ2) is 13.6. The molecule has 0 aromatic heterocycles. The van der Waals surface area contributed by atoms with E-state index in [9.17, 15) is 0 Å². The summed E-state index contributed by atoms with van der Waals surface area (Å²) in [5, 5.41) is 7.42. The fourth-order valence-electron chi connectivity index (χ4n) is 3.05. The highest BCUT2D eigenvalue weighted by Crippen LogP contribution is 2.05. The lowest BCUT2D eigenvalue weighted by molar-refractivity contribution is 0.397. The van der Waals surface area contributed by atoms with Gasteiger partial charge in [0.25, 0.3) is 0 Å². The molecule has 132 valence electrons. The van der Waals surface area contributed by atoms with Gasteiger partial charge in [-0.1, -0.05) is 69.9 Å². The van der Waals surface area contributed by atoms with Gasteiger partial charge in [0.15, 0.2) is 0 Å². The summed E-state index contributed by atoms with van der Waals surface area (Å²) in [6.45, 7) is 9.14. The molecule has 0 radical (unpaired) electrons. The lowest BCUT2D eigenvalue weighted by Crippen LogP contribution is -2.38. The minimum Gasteiger partial charge on any atom is -0.314 e. The number of unbranched alkanes of at least 4 members (excludes halogenated alkanes) is 4. The monoisotopic (exact) mass is 318 g/mol. The van der Waals surface area contributed by atoms with Crippen molar-refractivity contribution in [3.8, 4) is 0 Å². The molecule has 2 heteroatoms. The molecule has 1 rings (SSSR count). The van der Waals surface area contributed by atoms with Gasteiger partial charge in [-0.15, -0.1) is 0 Å². The quantitative estimate of drug-likeness (QED) is 0.475. The number of rotatable bonds is 14. The second-order valence-electron chi connectivity index (χ2n) is 6.80. The SMILES string of the molecule is CCCCCCCNC(C)CC(CC)NCCc1ccccc1. The molecule has 0 amide bonds. The zero-order valence-electron chi connectivity index (χ0n) is 15.6. The summed E-state index contributed by atoms with van der Waals surface area (Å²) >= 11 is 0. The van der Waals surface area contributed by atoms with Gasteiger partial charge in [-0.2, -0.15) is 0 Å². The molecule has 0 aliphatic heterocycles. The fraction of sp³-hybridized carbons (Fsp3) is 0.714. The Hall–Kier alpha value is -0.860. The molecule has 2 unspecified atom stereocenters. The normalized spacial score (nSPS) is 13.9. The summed E-state index contributed by atoms with van der Waals surface area (Å²) in [7, 11) is 0. The van der Waals surface area contributed by atoms with Crippen LogP contribution in [0.2, 0.25) is 0 Å². The molecule has 0 spiro atoms. The van der Waals surface area contributed by atoms with Gasteiger partial charge in [0.05, 0.1) is 0 Å². The first-order valence-electron chi connectivity index (χ1n) is 9.77. The van der Waals surface area contributed by atoms with E-state index < -0.39 is 0 Å². The maximum absolute atomic E-state index is 3.73. The third-order valence-corrected chi connectivity index (χ3v) is 4.59. The van der Waals surface area contributed by atoms with Gasteiger partial charge >= 0.3 is 0 Å². The standard InChI is InChI=1S/C21H38N2/c1-4-6-7-8-12-16-22-19(3)18-21(5-2)23-17-15-20-13-10-9-11-14-20/h9-11,13-14,19,21-23H,4-8,12,15-18H2,1-3H3. The van der Waals surface area contributed by atoms with Gasteiger partial charge < -0.3 is 10.6 Å². The average Bonchev–Trinajstić information content (AvgIpc) is 2.58. The summed E-state index contributed by atoms with van der Waals surface area (Å²) in [5.41, 5.74) is 1.42. The van der Waals surface area contributed by atoms with Crippen molar-refractivity contribution < 1.29 is 0 Å². The molecule has 2 nitrogen and oxygen atoms in total. The van der Waals surface area contributed by atoms with Gasteiger partial charge in [0.2, 0.25) is 0 Å². The van der Waals surface area contributed by atoms with Gasteiger partial charge in [-0.3, -0.25) is 0 Å². The van der Waals surface area contributed by atoms with Crippen LogP contribution >= 0.6 is 0 Å². The van der Waals surface area contributed by atoms with Crippen LogP contribution in [-0.4, -0.2) is 25.2 Å². The number of hydrogen-bond acceptors (Lipinski definition) is 2. The molecule has 0 aliphatic carbocycles. The first-order valence-corrected chi connectivity index (χ1v) is 9.77. The maximum Gasteiger partial charge on any atom is 0.00792 e. The third kappa shape index (κ3) is 10.5. The Labute approximate surface area is 144 Å². The molecule has 0 heterocycles. The van der Waals surface area contributed by atoms with E-state index in [1.165, 1.54) is 57.1 Å². The zero-order chi connectivity index (χ0) is 16.8. The van der Waals surface area contributed by atoms with E-state index in [2.05, 4.69) is 61.7 Å². The van der Waals surface area contributed by atoms with Crippen LogP contribution in [0.4, 0.5) is 0 Å². The topological polar surface area (TPSA) is 24.1 Å². The molecule has 23 heavy (non-hydrogen) atoms. The molecule has 0 saturated heterocycles. The summed E-state index contributed by atoms with van der Waals surface area (Å²) in [6, 6.07) is 12.0. The largest absolute Gasteiger partial charge is 0.314 e. The van der Waals surface area contributed by atoms with Crippen molar-refractivity contribution >= 4 is 0 Å². The van der Waals surface area contributed by atoms with Gasteiger partial charge in [-0.25, -0.2) is 0 Å². The van der Waals surface area contributed by atoms with E-state index in [4.69, 9.17) is 0 Å². The molecule has 0 aliphatic rings. The maximum atomic E-state index is 3.73. The molecule has 1 aromatic rings. The Bertz CT molecular complexity index is 363. The Morgan fingerprint density at radius 1 is 0.870 bits per heavy atom. The van der Waals surface area contributed by atoms with Crippen molar-refractivity contribution in [3.63, 3.8) is 0 Å². The fourth-order valence-corrected chi connectivity index (χ4v) is 3.05. The van der Waals surface area contributed by atoms with E-state index in [-0.39, 0.29) is 0 Å². The minimum absolute atomic E-state index is 0.607. The van der Waals surface area contributed by atoms with Crippen LogP contribution in [0, 0.1) is 0 Å². The Kier molecular flexibility index (Phi) is 11.9. The van der Waals surface area contributed by atoms with Crippen LogP contribution in [-0.2, 0) is 6.42 Å². The zero-order valence-corrected chi connectivity index (χ0v) is 15.6. The molecular formula is C21H38N2. The number of benzene rings is 1. The van der Waals surface area contributed by atoms with Crippen molar-refractivity contribution in [2.75, 3.05) is 13.1 Å². The van der Waals surface area contributed by atoms with Crippen molar-refractivity contribution in [1.82, 2.24) is 10.6 Å². The molecule has 0 saturated carbocycles. The summed E-state index contributed by atoms with van der Waals surface area (Å²) in [6.07, 6.45) is 10.4. The van der Waals surface area contributed by atoms with Crippen LogP contribution in [0.15, 0.2) is 30.3 Å². The van der Waals surface area contributed by atoms with E-state index in [1.807, 2.05) is 0 Å². The van der Waals surface area contributed by atoms with Crippen LogP contribution in [0.3, 0.4) is 0 Å². The lowest BCUT2D eigenvalue weighted by Gasteiger charge is -2.22. The van der Waals surface area contributed by atoms with Crippen molar-refractivity contribution in [3.05, 3.63) is 35.9 Å². The molecule has 1 aromatic carbocycles. The molecule has 2 N–H and O–H groups in total. The third-order valence-electron chi connectivity index (χ3n) is 4.59. The summed E-state index contributed by atoms with van der Waals surface area (Å²) < 4.78 is 0. The highest BCUT2D eigenvalue weighted by molar-refractivity contribution is 5.14. The van der Waals surface area contributed by atoms with Crippen molar-refractivity contribution in [2.45, 2.75) is 84.2 Å². The smallest absolute Gasteiger partial charge is 0.00792 e. The Morgan fingerprint density at radius 2 is 1.61 bits per heavy atom. The number of nitrogens with one attached hydrogen (secondary N) is 2. The molecule has 0 bridgehead atoms. The highest BCUT2D eigenvalue weighted by atomic mass is 14.9. The van der Waals surface area contributed by atoms with E-state index in [1.54, 1.807) is 0 Å². The van der Waals surface area contributed by atoms with Crippen molar-refractivity contribution in [1.29, 1.82) is 0 Å². The molecular weight excluding hydrogens is 280 g/mol. The molecule has 0 fully saturated rings. The highest BCUT2D eigenvalue weighted by Gasteiger charge is 2.10. The Balaban J connectivity index is 2.09. The predicted octanol–water partition coefficient (Wildman–Crippen LogP) is 4.94. The Morgan fingerprint density at radius 3 is 2.30 bits per heavy atom. The van der Waals surface area contributed by atoms with E-state index in [0.29, 0.717) is 12.1 Å². The predicted molar refractivity (Wildman–Crippen MR) is 103 cm³/mol. The van der Waals surface area contributed by atoms with E-state index >= 15 is 0 Å². The molecule has 2 atom stereocenters. The summed E-state index contributed by atoms with van der Waals surface area (Å²) in [5.74, 6) is 0. The number of hydrogen-bond donors (Lipinski definition) is 2. The van der Waals surface area contributed by atoms with Crippen LogP contribution in [0.5, 0.6) is 0 Å². The first-order chi connectivity index (χ1) is 11.3. The van der Waals surface area contributed by atoms with E-state index in [0.717, 1.165) is 13.0 Å². The lowest BCUT2D eigenvalue weighted by atomic mass is 10.0. The summed E-state index contributed by atoms with van der Waals surface area (Å²) in [4.78, 5) is 0. The van der Waals surface area contributed by atoms with Crippen LogP contribution in [0.25, 0.3) is 0 Å². The van der Waals surface area contributed by atoms with Gasteiger partial charge in [-0.05, 0) is 51.3 Å².